The molecule has 0 radical (unpaired) electrons. The fourth-order valence-electron chi connectivity index (χ4n) is 1.62. The van der Waals surface area contributed by atoms with Gasteiger partial charge in [-0.15, -0.1) is 0 Å². The van der Waals surface area contributed by atoms with Crippen LogP contribution in [-0.4, -0.2) is 30.1 Å². The standard InChI is InChI=1S/C11H14N2O2/c14-11(9-3-5-12-6-4-9)13-8-10-2-1-7-15-10/h3-6,10H,1-2,7-8H2,(H,13,14). The van der Waals surface area contributed by atoms with Gasteiger partial charge in [0.2, 0.25) is 0 Å². The van der Waals surface area contributed by atoms with Gasteiger partial charge in [0.15, 0.2) is 0 Å². The summed E-state index contributed by atoms with van der Waals surface area (Å²) in [5.41, 5.74) is 0.642. The number of nitrogens with zero attached hydrogens (tertiary/aromatic N) is 1. The number of carbonyl (C=O) groups is 1. The van der Waals surface area contributed by atoms with Crippen LogP contribution in [0, 0.1) is 0 Å². The summed E-state index contributed by atoms with van der Waals surface area (Å²) < 4.78 is 5.41. The van der Waals surface area contributed by atoms with Gasteiger partial charge in [-0.1, -0.05) is 0 Å². The van der Waals surface area contributed by atoms with E-state index in [0.29, 0.717) is 12.1 Å². The molecule has 1 amide bonds. The summed E-state index contributed by atoms with van der Waals surface area (Å²) in [5, 5.41) is 2.85. The molecule has 0 aromatic carbocycles. The molecule has 80 valence electrons. The molecule has 15 heavy (non-hydrogen) atoms. The third-order valence-corrected chi connectivity index (χ3v) is 2.46. The van der Waals surface area contributed by atoms with Crippen molar-refractivity contribution in [1.29, 1.82) is 0 Å². The summed E-state index contributed by atoms with van der Waals surface area (Å²) >= 11 is 0. The normalized spacial score (nSPS) is 20.1. The Labute approximate surface area is 88.7 Å². The molecule has 1 aromatic heterocycles. The van der Waals surface area contributed by atoms with E-state index in [9.17, 15) is 4.79 Å². The highest BCUT2D eigenvalue weighted by Crippen LogP contribution is 2.10. The minimum absolute atomic E-state index is 0.0621. The number of hydrogen-bond acceptors (Lipinski definition) is 3. The van der Waals surface area contributed by atoms with Crippen molar-refractivity contribution < 1.29 is 9.53 Å². The number of nitrogens with one attached hydrogen (secondary N) is 1. The molecule has 1 aromatic rings. The van der Waals surface area contributed by atoms with Crippen LogP contribution in [0.5, 0.6) is 0 Å². The number of carbonyl (C=O) groups excluding carboxylic acids is 1. The number of hydrogen-bond donors (Lipinski definition) is 1. The summed E-state index contributed by atoms with van der Waals surface area (Å²) in [7, 11) is 0. The molecule has 1 aliphatic heterocycles. The quantitative estimate of drug-likeness (QED) is 0.802. The van der Waals surface area contributed by atoms with Crippen LogP contribution in [0.4, 0.5) is 0 Å². The molecular formula is C11H14N2O2. The first kappa shape index (κ1) is 10.1. The zero-order valence-electron chi connectivity index (χ0n) is 8.48. The molecule has 1 saturated heterocycles. The number of amides is 1. The van der Waals surface area contributed by atoms with Crippen LogP contribution < -0.4 is 5.32 Å². The molecule has 1 N–H and O–H groups in total. The van der Waals surface area contributed by atoms with E-state index in [-0.39, 0.29) is 12.0 Å². The fraction of sp³-hybridized carbons (Fsp3) is 0.455. The second kappa shape index (κ2) is 4.89. The minimum Gasteiger partial charge on any atom is -0.376 e. The highest BCUT2D eigenvalue weighted by atomic mass is 16.5. The summed E-state index contributed by atoms with van der Waals surface area (Å²) in [6, 6.07) is 3.40. The largest absolute Gasteiger partial charge is 0.376 e. The summed E-state index contributed by atoms with van der Waals surface area (Å²) in [4.78, 5) is 15.5. The van der Waals surface area contributed by atoms with E-state index in [4.69, 9.17) is 4.74 Å². The first-order valence-electron chi connectivity index (χ1n) is 5.16. The first-order valence-corrected chi connectivity index (χ1v) is 5.16. The third-order valence-electron chi connectivity index (χ3n) is 2.46. The molecule has 4 heteroatoms. The highest BCUT2D eigenvalue weighted by molar-refractivity contribution is 5.93. The summed E-state index contributed by atoms with van der Waals surface area (Å²) in [6.07, 6.45) is 5.55. The smallest absolute Gasteiger partial charge is 0.251 e. The predicted molar refractivity (Wildman–Crippen MR) is 55.5 cm³/mol. The lowest BCUT2D eigenvalue weighted by atomic mass is 10.2. The highest BCUT2D eigenvalue weighted by Gasteiger charge is 2.16. The van der Waals surface area contributed by atoms with Gasteiger partial charge >= 0.3 is 0 Å². The Morgan fingerprint density at radius 1 is 1.53 bits per heavy atom. The monoisotopic (exact) mass is 206 g/mol. The Morgan fingerprint density at radius 2 is 2.33 bits per heavy atom. The van der Waals surface area contributed by atoms with E-state index in [1.165, 1.54) is 0 Å². The lowest BCUT2D eigenvalue weighted by Crippen LogP contribution is -2.31. The van der Waals surface area contributed by atoms with Gasteiger partial charge in [0.1, 0.15) is 0 Å². The zero-order valence-corrected chi connectivity index (χ0v) is 8.48. The van der Waals surface area contributed by atoms with Crippen molar-refractivity contribution in [3.8, 4) is 0 Å². The van der Waals surface area contributed by atoms with E-state index in [1.54, 1.807) is 24.5 Å². The molecular weight excluding hydrogens is 192 g/mol. The molecule has 1 atom stereocenters. The Kier molecular flexibility index (Phi) is 3.29. The van der Waals surface area contributed by atoms with E-state index in [0.717, 1.165) is 19.4 Å². The van der Waals surface area contributed by atoms with Crippen molar-refractivity contribution in [2.45, 2.75) is 18.9 Å². The van der Waals surface area contributed by atoms with Crippen LogP contribution in [0.15, 0.2) is 24.5 Å². The fourth-order valence-corrected chi connectivity index (χ4v) is 1.62. The van der Waals surface area contributed by atoms with Gasteiger partial charge in [0, 0.05) is 31.1 Å². The minimum atomic E-state index is -0.0621. The predicted octanol–water partition coefficient (Wildman–Crippen LogP) is 0.990. The van der Waals surface area contributed by atoms with Crippen LogP contribution in [-0.2, 0) is 4.74 Å². The van der Waals surface area contributed by atoms with Crippen LogP contribution in [0.2, 0.25) is 0 Å². The molecule has 4 nitrogen and oxygen atoms in total. The number of ether oxygens (including phenoxy) is 1. The van der Waals surface area contributed by atoms with Gasteiger partial charge in [-0.3, -0.25) is 9.78 Å². The molecule has 0 aliphatic carbocycles. The van der Waals surface area contributed by atoms with Gasteiger partial charge in [0.25, 0.3) is 5.91 Å². The van der Waals surface area contributed by atoms with E-state index in [1.807, 2.05) is 0 Å². The average molecular weight is 206 g/mol. The van der Waals surface area contributed by atoms with Crippen LogP contribution in [0.25, 0.3) is 0 Å². The Morgan fingerprint density at radius 3 is 3.00 bits per heavy atom. The molecule has 1 unspecified atom stereocenters. The maximum atomic E-state index is 11.6. The van der Waals surface area contributed by atoms with Crippen molar-refractivity contribution in [3.05, 3.63) is 30.1 Å². The van der Waals surface area contributed by atoms with Gasteiger partial charge in [0.05, 0.1) is 6.10 Å². The van der Waals surface area contributed by atoms with Gasteiger partial charge in [-0.2, -0.15) is 0 Å². The van der Waals surface area contributed by atoms with E-state index >= 15 is 0 Å². The summed E-state index contributed by atoms with van der Waals surface area (Å²) in [5.74, 6) is -0.0621. The van der Waals surface area contributed by atoms with Crippen LogP contribution >= 0.6 is 0 Å². The summed E-state index contributed by atoms with van der Waals surface area (Å²) in [6.45, 7) is 1.41. The molecule has 0 spiro atoms. The molecule has 0 bridgehead atoms. The van der Waals surface area contributed by atoms with E-state index in [2.05, 4.69) is 10.3 Å². The topological polar surface area (TPSA) is 51.2 Å². The first-order chi connectivity index (χ1) is 7.36. The maximum absolute atomic E-state index is 11.6. The number of rotatable bonds is 3. The second-order valence-electron chi connectivity index (χ2n) is 3.58. The zero-order chi connectivity index (χ0) is 10.5. The Bertz CT molecular complexity index is 321. The van der Waals surface area contributed by atoms with Crippen molar-refractivity contribution in [1.82, 2.24) is 10.3 Å². The van der Waals surface area contributed by atoms with E-state index < -0.39 is 0 Å². The molecule has 1 aliphatic rings. The van der Waals surface area contributed by atoms with Crippen LogP contribution in [0.3, 0.4) is 0 Å². The maximum Gasteiger partial charge on any atom is 0.251 e. The Balaban J connectivity index is 1.82. The van der Waals surface area contributed by atoms with Crippen molar-refractivity contribution in [3.63, 3.8) is 0 Å². The lowest BCUT2D eigenvalue weighted by molar-refractivity contribution is 0.0857. The number of pyridine rings is 1. The van der Waals surface area contributed by atoms with Gasteiger partial charge in [-0.25, -0.2) is 0 Å². The van der Waals surface area contributed by atoms with Crippen molar-refractivity contribution >= 4 is 5.91 Å². The van der Waals surface area contributed by atoms with Gasteiger partial charge in [-0.05, 0) is 25.0 Å². The molecule has 2 heterocycles. The van der Waals surface area contributed by atoms with Crippen molar-refractivity contribution in [2.24, 2.45) is 0 Å². The molecule has 1 fully saturated rings. The van der Waals surface area contributed by atoms with Gasteiger partial charge < -0.3 is 10.1 Å². The van der Waals surface area contributed by atoms with Crippen LogP contribution in [0.1, 0.15) is 23.2 Å². The molecule has 0 saturated carbocycles. The Hall–Kier alpha value is -1.42. The third kappa shape index (κ3) is 2.76. The number of aromatic nitrogens is 1. The SMILES string of the molecule is O=C(NCC1CCCO1)c1ccncc1. The van der Waals surface area contributed by atoms with Crippen molar-refractivity contribution in [2.75, 3.05) is 13.2 Å². The second-order valence-corrected chi connectivity index (χ2v) is 3.58. The lowest BCUT2D eigenvalue weighted by Gasteiger charge is -2.10. The molecule has 2 rings (SSSR count). The average Bonchev–Trinajstić information content (AvgIpc) is 2.80.